The summed E-state index contributed by atoms with van der Waals surface area (Å²) in [5.41, 5.74) is 0.844. The third-order valence-electron chi connectivity index (χ3n) is 2.65. The molecular formula is C13H16BrN3O2. The van der Waals surface area contributed by atoms with Crippen LogP contribution in [-0.4, -0.2) is 34.6 Å². The molecule has 0 saturated carbocycles. The van der Waals surface area contributed by atoms with Crippen LogP contribution in [0.3, 0.4) is 0 Å². The Balaban J connectivity index is 1.92. The predicted molar refractivity (Wildman–Crippen MR) is 77.4 cm³/mol. The highest BCUT2D eigenvalue weighted by molar-refractivity contribution is 9.10. The van der Waals surface area contributed by atoms with Crippen LogP contribution < -0.4 is 10.1 Å². The molecule has 0 saturated heterocycles. The molecule has 0 amide bonds. The van der Waals surface area contributed by atoms with Gasteiger partial charge < -0.3 is 15.2 Å². The van der Waals surface area contributed by atoms with Crippen molar-refractivity contribution < 1.29 is 9.84 Å². The Morgan fingerprint density at radius 1 is 1.53 bits per heavy atom. The molecule has 2 N–H and O–H groups in total. The number of ether oxygens (including phenoxy) is 1. The summed E-state index contributed by atoms with van der Waals surface area (Å²) in [6, 6.07) is 7.52. The Bertz CT molecular complexity index is 517. The molecule has 1 atom stereocenters. The van der Waals surface area contributed by atoms with Gasteiger partial charge in [-0.25, -0.2) is 0 Å². The molecule has 2 rings (SSSR count). The third-order valence-corrected chi connectivity index (χ3v) is 3.14. The van der Waals surface area contributed by atoms with Crippen molar-refractivity contribution in [3.63, 3.8) is 0 Å². The number of rotatable bonds is 6. The second-order valence-corrected chi connectivity index (χ2v) is 5.02. The minimum Gasteiger partial charge on any atom is -0.495 e. The van der Waals surface area contributed by atoms with Gasteiger partial charge in [-0.2, -0.15) is 5.10 Å². The van der Waals surface area contributed by atoms with Crippen LogP contribution in [0.15, 0.2) is 41.1 Å². The fourth-order valence-electron chi connectivity index (χ4n) is 1.74. The molecule has 0 radical (unpaired) electrons. The monoisotopic (exact) mass is 325 g/mol. The van der Waals surface area contributed by atoms with Crippen molar-refractivity contribution in [3.8, 4) is 5.75 Å². The van der Waals surface area contributed by atoms with Gasteiger partial charge >= 0.3 is 0 Å². The van der Waals surface area contributed by atoms with Crippen molar-refractivity contribution in [2.45, 2.75) is 12.6 Å². The molecule has 0 aliphatic heterocycles. The van der Waals surface area contributed by atoms with Gasteiger partial charge in [0.15, 0.2) is 0 Å². The molecule has 6 heteroatoms. The lowest BCUT2D eigenvalue weighted by atomic mass is 10.2. The summed E-state index contributed by atoms with van der Waals surface area (Å²) in [4.78, 5) is 0. The van der Waals surface area contributed by atoms with Crippen LogP contribution in [0.4, 0.5) is 5.69 Å². The lowest BCUT2D eigenvalue weighted by Crippen LogP contribution is -2.25. The summed E-state index contributed by atoms with van der Waals surface area (Å²) in [6.45, 7) is 0.878. The minimum absolute atomic E-state index is 0.423. The summed E-state index contributed by atoms with van der Waals surface area (Å²) in [5, 5.41) is 17.2. The van der Waals surface area contributed by atoms with E-state index in [0.717, 1.165) is 15.9 Å². The fraction of sp³-hybridized carbons (Fsp3) is 0.308. The Labute approximate surface area is 120 Å². The number of hydrogen-bond acceptors (Lipinski definition) is 4. The number of halogens is 1. The van der Waals surface area contributed by atoms with E-state index in [2.05, 4.69) is 26.3 Å². The fourth-order valence-corrected chi connectivity index (χ4v) is 2.10. The highest BCUT2D eigenvalue weighted by Crippen LogP contribution is 2.27. The number of aromatic nitrogens is 2. The standard InChI is InChI=1S/C13H16BrN3O2/c1-19-13-4-3-10(14)7-12(13)15-8-11(18)9-17-6-2-5-16-17/h2-7,11,15,18H,8-9H2,1H3. The van der Waals surface area contributed by atoms with Crippen LogP contribution >= 0.6 is 15.9 Å². The molecule has 0 aliphatic rings. The van der Waals surface area contributed by atoms with Gasteiger partial charge in [0.2, 0.25) is 0 Å². The predicted octanol–water partition coefficient (Wildman–Crippen LogP) is 2.13. The van der Waals surface area contributed by atoms with Crippen LogP contribution in [0.5, 0.6) is 5.75 Å². The Morgan fingerprint density at radius 3 is 3.05 bits per heavy atom. The van der Waals surface area contributed by atoms with Crippen molar-refractivity contribution in [1.82, 2.24) is 9.78 Å². The van der Waals surface area contributed by atoms with Gasteiger partial charge in [0.25, 0.3) is 0 Å². The van der Waals surface area contributed by atoms with E-state index in [1.165, 1.54) is 0 Å². The first-order valence-corrected chi connectivity index (χ1v) is 6.71. The first kappa shape index (κ1) is 13.9. The molecule has 2 aromatic rings. The number of methoxy groups -OCH3 is 1. The zero-order chi connectivity index (χ0) is 13.7. The molecule has 102 valence electrons. The van der Waals surface area contributed by atoms with Gasteiger partial charge in [-0.05, 0) is 24.3 Å². The molecule has 0 fully saturated rings. The lowest BCUT2D eigenvalue weighted by molar-refractivity contribution is 0.161. The summed E-state index contributed by atoms with van der Waals surface area (Å²) >= 11 is 3.41. The minimum atomic E-state index is -0.524. The molecule has 5 nitrogen and oxygen atoms in total. The second-order valence-electron chi connectivity index (χ2n) is 4.11. The maximum Gasteiger partial charge on any atom is 0.142 e. The van der Waals surface area contributed by atoms with Crippen molar-refractivity contribution in [1.29, 1.82) is 0 Å². The molecule has 0 spiro atoms. The summed E-state index contributed by atoms with van der Waals surface area (Å²) in [7, 11) is 1.62. The number of benzene rings is 1. The number of aliphatic hydroxyl groups excluding tert-OH is 1. The quantitative estimate of drug-likeness (QED) is 0.854. The normalized spacial score (nSPS) is 12.2. The molecule has 0 aliphatic carbocycles. The zero-order valence-corrected chi connectivity index (χ0v) is 12.2. The highest BCUT2D eigenvalue weighted by atomic mass is 79.9. The Kier molecular flexibility index (Phi) is 4.81. The van der Waals surface area contributed by atoms with Crippen LogP contribution in [0.2, 0.25) is 0 Å². The largest absolute Gasteiger partial charge is 0.495 e. The number of nitrogens with zero attached hydrogens (tertiary/aromatic N) is 2. The van der Waals surface area contributed by atoms with Crippen molar-refractivity contribution in [2.75, 3.05) is 19.0 Å². The van der Waals surface area contributed by atoms with E-state index in [1.807, 2.05) is 30.5 Å². The van der Waals surface area contributed by atoms with E-state index in [9.17, 15) is 5.11 Å². The number of aliphatic hydroxyl groups is 1. The molecule has 1 unspecified atom stereocenters. The second kappa shape index (κ2) is 6.58. The van der Waals surface area contributed by atoms with Gasteiger partial charge in [-0.15, -0.1) is 0 Å². The molecular weight excluding hydrogens is 310 g/mol. The average Bonchev–Trinajstić information content (AvgIpc) is 2.89. The van der Waals surface area contributed by atoms with Crippen molar-refractivity contribution in [2.24, 2.45) is 0 Å². The van der Waals surface area contributed by atoms with E-state index < -0.39 is 6.10 Å². The average molecular weight is 326 g/mol. The van der Waals surface area contributed by atoms with Gasteiger partial charge in [0, 0.05) is 23.4 Å². The molecule has 0 bridgehead atoms. The van der Waals surface area contributed by atoms with E-state index in [0.29, 0.717) is 13.1 Å². The highest BCUT2D eigenvalue weighted by Gasteiger charge is 2.08. The third kappa shape index (κ3) is 3.97. The van der Waals surface area contributed by atoms with Gasteiger partial charge in [-0.3, -0.25) is 4.68 Å². The number of nitrogens with one attached hydrogen (secondary N) is 1. The smallest absolute Gasteiger partial charge is 0.142 e. The molecule has 1 aromatic carbocycles. The van der Waals surface area contributed by atoms with E-state index in [-0.39, 0.29) is 0 Å². The SMILES string of the molecule is COc1ccc(Br)cc1NCC(O)Cn1cccn1. The molecule has 1 heterocycles. The molecule has 19 heavy (non-hydrogen) atoms. The van der Waals surface area contributed by atoms with Crippen LogP contribution in [0.1, 0.15) is 0 Å². The maximum absolute atomic E-state index is 9.94. The topological polar surface area (TPSA) is 59.3 Å². The van der Waals surface area contributed by atoms with Gasteiger partial charge in [-0.1, -0.05) is 15.9 Å². The summed E-state index contributed by atoms with van der Waals surface area (Å²) in [6.07, 6.45) is 2.99. The van der Waals surface area contributed by atoms with Crippen LogP contribution in [-0.2, 0) is 6.54 Å². The van der Waals surface area contributed by atoms with Gasteiger partial charge in [0.05, 0.1) is 25.4 Å². The van der Waals surface area contributed by atoms with Crippen LogP contribution in [0, 0.1) is 0 Å². The summed E-state index contributed by atoms with van der Waals surface area (Å²) in [5.74, 6) is 0.745. The number of hydrogen-bond donors (Lipinski definition) is 2. The number of anilines is 1. The Hall–Kier alpha value is -1.53. The first-order chi connectivity index (χ1) is 9.19. The van der Waals surface area contributed by atoms with E-state index >= 15 is 0 Å². The molecule has 1 aromatic heterocycles. The van der Waals surface area contributed by atoms with Crippen molar-refractivity contribution >= 4 is 21.6 Å². The van der Waals surface area contributed by atoms with E-state index in [4.69, 9.17) is 4.74 Å². The van der Waals surface area contributed by atoms with Crippen molar-refractivity contribution in [3.05, 3.63) is 41.1 Å². The summed E-state index contributed by atoms with van der Waals surface area (Å²) < 4.78 is 7.91. The zero-order valence-electron chi connectivity index (χ0n) is 10.6. The first-order valence-electron chi connectivity index (χ1n) is 5.92. The maximum atomic E-state index is 9.94. The Morgan fingerprint density at radius 2 is 2.37 bits per heavy atom. The van der Waals surface area contributed by atoms with E-state index in [1.54, 1.807) is 18.0 Å². The van der Waals surface area contributed by atoms with Gasteiger partial charge in [0.1, 0.15) is 5.75 Å². The van der Waals surface area contributed by atoms with Crippen LogP contribution in [0.25, 0.3) is 0 Å². The lowest BCUT2D eigenvalue weighted by Gasteiger charge is -2.15.